The van der Waals surface area contributed by atoms with Crippen LogP contribution in [-0.2, 0) is 41.5 Å². The molecule has 46 heavy (non-hydrogen) atoms. The smallest absolute Gasteiger partial charge is 0.310 e. The molecule has 2 aromatic rings. The lowest BCUT2D eigenvalue weighted by atomic mass is 9.43. The molecular weight excluding hydrogens is 592 g/mol. The van der Waals surface area contributed by atoms with Crippen molar-refractivity contribution in [3.05, 3.63) is 70.0 Å². The molecule has 2 aromatic carbocycles. The maximum absolute atomic E-state index is 14.5. The standard InChI is InChI=1S/C36H40O10/c1-18(2)28-30(40)26(19(3)37)32(42)36(44)33(43)29-31(41)27-23(16-34(29,4)17-35(28,36)5)22(11-12-24(27)38)21-9-7-20(8-10-21)15-25(39)46-14-13-45-6/h7-12,18,28,38,41-42,44H,13-17H2,1-6H3/t28?,34-,35-,36+/m1/s1. The fourth-order valence-corrected chi connectivity index (χ4v) is 8.25. The van der Waals surface area contributed by atoms with Crippen molar-refractivity contribution in [3.8, 4) is 16.9 Å². The van der Waals surface area contributed by atoms with E-state index in [1.165, 1.54) is 13.2 Å². The van der Waals surface area contributed by atoms with Gasteiger partial charge in [0, 0.05) is 29.4 Å². The zero-order valence-electron chi connectivity index (χ0n) is 26.9. The fraction of sp³-hybridized carbons (Fsp3) is 0.444. The molecule has 0 heterocycles. The van der Waals surface area contributed by atoms with E-state index in [1.54, 1.807) is 45.9 Å². The normalized spacial score (nSPS) is 27.3. The molecule has 0 radical (unpaired) electrons. The van der Waals surface area contributed by atoms with Crippen molar-refractivity contribution >= 4 is 29.1 Å². The van der Waals surface area contributed by atoms with Gasteiger partial charge in [-0.25, -0.2) is 0 Å². The lowest BCUT2D eigenvalue weighted by Gasteiger charge is -2.59. The van der Waals surface area contributed by atoms with E-state index in [9.17, 15) is 39.6 Å². The molecule has 1 saturated carbocycles. The topological polar surface area (TPSA) is 168 Å². The molecule has 10 heteroatoms. The SMILES string of the molecule is COCCOC(=O)Cc1ccc(-c2ccc(O)c3c2C[C@]2(C)C[C@]4(C)C(C(C)C)C(=O)C(C(C)=O)=C(O)[C@]4(O)C(=O)C2=C3O)cc1. The first kappa shape index (κ1) is 33.1. The molecule has 0 saturated heterocycles. The molecule has 10 nitrogen and oxygen atoms in total. The summed E-state index contributed by atoms with van der Waals surface area (Å²) in [5, 5.41) is 46.2. The Bertz CT molecular complexity index is 1710. The van der Waals surface area contributed by atoms with Crippen molar-refractivity contribution in [2.75, 3.05) is 20.3 Å². The molecule has 3 aliphatic rings. The summed E-state index contributed by atoms with van der Waals surface area (Å²) >= 11 is 0. The van der Waals surface area contributed by atoms with E-state index in [-0.39, 0.29) is 42.8 Å². The third-order valence-electron chi connectivity index (χ3n) is 10.1. The van der Waals surface area contributed by atoms with Gasteiger partial charge in [0.25, 0.3) is 0 Å². The van der Waals surface area contributed by atoms with Gasteiger partial charge in [0.05, 0.1) is 18.6 Å². The number of methoxy groups -OCH3 is 1. The zero-order chi connectivity index (χ0) is 33.9. The highest BCUT2D eigenvalue weighted by molar-refractivity contribution is 6.24. The van der Waals surface area contributed by atoms with Gasteiger partial charge < -0.3 is 29.9 Å². The molecular formula is C36H40O10. The maximum atomic E-state index is 14.5. The lowest BCUT2D eigenvalue weighted by Crippen LogP contribution is -2.69. The van der Waals surface area contributed by atoms with Gasteiger partial charge in [0.1, 0.15) is 29.4 Å². The molecule has 0 spiro atoms. The summed E-state index contributed by atoms with van der Waals surface area (Å²) in [6.07, 6.45) is 0.220. The van der Waals surface area contributed by atoms with Crippen molar-refractivity contribution in [2.24, 2.45) is 22.7 Å². The number of benzene rings is 2. The van der Waals surface area contributed by atoms with Gasteiger partial charge in [0.2, 0.25) is 5.78 Å². The van der Waals surface area contributed by atoms with E-state index < -0.39 is 68.7 Å². The molecule has 1 unspecified atom stereocenters. The Labute approximate surface area is 267 Å². The van der Waals surface area contributed by atoms with Crippen LogP contribution in [0.2, 0.25) is 0 Å². The molecule has 4 atom stereocenters. The van der Waals surface area contributed by atoms with Crippen molar-refractivity contribution in [1.82, 2.24) is 0 Å². The van der Waals surface area contributed by atoms with E-state index in [0.29, 0.717) is 17.7 Å². The number of Topliss-reactive ketones (excluding diaryl/α,β-unsaturated/α-hetero) is 3. The summed E-state index contributed by atoms with van der Waals surface area (Å²) in [6, 6.07) is 10.3. The van der Waals surface area contributed by atoms with Crippen molar-refractivity contribution in [1.29, 1.82) is 0 Å². The van der Waals surface area contributed by atoms with Crippen LogP contribution in [0.25, 0.3) is 16.9 Å². The molecule has 1 fully saturated rings. The minimum atomic E-state index is -2.66. The zero-order valence-corrected chi connectivity index (χ0v) is 26.9. The van der Waals surface area contributed by atoms with E-state index in [4.69, 9.17) is 9.47 Å². The predicted molar refractivity (Wildman–Crippen MR) is 168 cm³/mol. The molecule has 5 rings (SSSR count). The highest BCUT2D eigenvalue weighted by Gasteiger charge is 2.72. The Morgan fingerprint density at radius 1 is 1.00 bits per heavy atom. The van der Waals surface area contributed by atoms with Crippen molar-refractivity contribution in [3.63, 3.8) is 0 Å². The molecule has 0 aliphatic heterocycles. The molecule has 0 bridgehead atoms. The second-order valence-corrected chi connectivity index (χ2v) is 13.5. The summed E-state index contributed by atoms with van der Waals surface area (Å²) in [5.74, 6) is -6.01. The van der Waals surface area contributed by atoms with Crippen LogP contribution in [0, 0.1) is 22.7 Å². The average molecular weight is 633 g/mol. The number of phenols is 1. The number of hydrogen-bond acceptors (Lipinski definition) is 10. The number of ketones is 3. The number of aliphatic hydroxyl groups is 3. The van der Waals surface area contributed by atoms with Crippen LogP contribution in [0.1, 0.15) is 57.7 Å². The lowest BCUT2D eigenvalue weighted by molar-refractivity contribution is -0.178. The van der Waals surface area contributed by atoms with Gasteiger partial charge in [-0.3, -0.25) is 19.2 Å². The number of carbonyl (C=O) groups is 4. The Morgan fingerprint density at radius 3 is 2.24 bits per heavy atom. The number of fused-ring (bicyclic) bond motifs is 3. The van der Waals surface area contributed by atoms with Gasteiger partial charge >= 0.3 is 5.97 Å². The average Bonchev–Trinajstić information content (AvgIpc) is 2.95. The van der Waals surface area contributed by atoms with E-state index in [0.717, 1.165) is 18.1 Å². The number of carbonyl (C=O) groups excluding carboxylic acids is 4. The predicted octanol–water partition coefficient (Wildman–Crippen LogP) is 4.59. The summed E-state index contributed by atoms with van der Waals surface area (Å²) in [4.78, 5) is 52.9. The Hall–Kier alpha value is -4.28. The number of allylic oxidation sites excluding steroid dienone is 1. The van der Waals surface area contributed by atoms with Gasteiger partial charge in [-0.2, -0.15) is 0 Å². The van der Waals surface area contributed by atoms with Crippen LogP contribution in [0.5, 0.6) is 5.75 Å². The van der Waals surface area contributed by atoms with Crippen molar-refractivity contribution in [2.45, 2.75) is 59.5 Å². The highest BCUT2D eigenvalue weighted by Crippen LogP contribution is 2.65. The summed E-state index contributed by atoms with van der Waals surface area (Å²) in [5.41, 5.74) is -3.40. The third kappa shape index (κ3) is 4.77. The first-order valence-corrected chi connectivity index (χ1v) is 15.3. The fourth-order valence-electron chi connectivity index (χ4n) is 8.25. The van der Waals surface area contributed by atoms with Crippen LogP contribution < -0.4 is 0 Å². The van der Waals surface area contributed by atoms with E-state index in [1.807, 2.05) is 12.1 Å². The van der Waals surface area contributed by atoms with Gasteiger partial charge in [-0.05, 0) is 54.0 Å². The minimum Gasteiger partial charge on any atom is -0.508 e. The minimum absolute atomic E-state index is 0.00409. The molecule has 3 aliphatic carbocycles. The number of ether oxygens (including phenoxy) is 2. The third-order valence-corrected chi connectivity index (χ3v) is 10.1. The Kier molecular flexibility index (Phi) is 8.28. The van der Waals surface area contributed by atoms with Gasteiger partial charge in [0.15, 0.2) is 17.2 Å². The van der Waals surface area contributed by atoms with E-state index in [2.05, 4.69) is 0 Å². The quantitative estimate of drug-likeness (QED) is 0.184. The first-order valence-electron chi connectivity index (χ1n) is 15.3. The maximum Gasteiger partial charge on any atom is 0.310 e. The second-order valence-electron chi connectivity index (χ2n) is 13.5. The monoisotopic (exact) mass is 632 g/mol. The van der Waals surface area contributed by atoms with Crippen LogP contribution >= 0.6 is 0 Å². The van der Waals surface area contributed by atoms with Gasteiger partial charge in [-0.1, -0.05) is 58.0 Å². The molecule has 0 aromatic heterocycles. The van der Waals surface area contributed by atoms with Crippen LogP contribution in [0.15, 0.2) is 53.3 Å². The number of hydrogen-bond donors (Lipinski definition) is 4. The number of esters is 1. The molecule has 244 valence electrons. The summed E-state index contributed by atoms with van der Waals surface area (Å²) in [6.45, 7) is 8.42. The first-order chi connectivity index (χ1) is 21.5. The molecule has 4 N–H and O–H groups in total. The van der Waals surface area contributed by atoms with Crippen LogP contribution in [-0.4, -0.2) is 69.7 Å². The number of aromatic hydroxyl groups is 1. The molecule has 0 amide bonds. The number of rotatable bonds is 8. The largest absolute Gasteiger partial charge is 0.508 e. The second kappa shape index (κ2) is 11.5. The summed E-state index contributed by atoms with van der Waals surface area (Å²) in [7, 11) is 1.52. The highest BCUT2D eigenvalue weighted by atomic mass is 16.6. The van der Waals surface area contributed by atoms with Crippen LogP contribution in [0.4, 0.5) is 0 Å². The van der Waals surface area contributed by atoms with E-state index >= 15 is 0 Å². The Balaban J connectivity index is 1.63. The van der Waals surface area contributed by atoms with Crippen molar-refractivity contribution < 1.29 is 49.1 Å². The summed E-state index contributed by atoms with van der Waals surface area (Å²) < 4.78 is 10.1. The number of phenolic OH excluding ortho intramolecular Hbond substituents is 1. The van der Waals surface area contributed by atoms with Gasteiger partial charge in [-0.15, -0.1) is 0 Å². The Morgan fingerprint density at radius 2 is 1.65 bits per heavy atom. The van der Waals surface area contributed by atoms with Crippen LogP contribution in [0.3, 0.4) is 0 Å². The number of aliphatic hydroxyl groups excluding tert-OH is 2.